The average Bonchev–Trinajstić information content (AvgIpc) is 2.05. The number of aromatic hydroxyl groups is 2. The van der Waals surface area contributed by atoms with Gasteiger partial charge in [-0.1, -0.05) is 0 Å². The van der Waals surface area contributed by atoms with Crippen LogP contribution in [0.3, 0.4) is 0 Å². The fourth-order valence-electron chi connectivity index (χ4n) is 1.32. The molecule has 90 valence electrons. The number of phenolic OH excluding ortho intramolecular Hbond substituents is 2. The van der Waals surface area contributed by atoms with Crippen LogP contribution in [0.2, 0.25) is 0 Å². The molecule has 6 heteroatoms. The van der Waals surface area contributed by atoms with Gasteiger partial charge >= 0.3 is 6.18 Å². The van der Waals surface area contributed by atoms with E-state index in [1.54, 1.807) is 0 Å². The maximum atomic E-state index is 12.6. The van der Waals surface area contributed by atoms with Gasteiger partial charge in [-0.15, -0.1) is 0 Å². The van der Waals surface area contributed by atoms with Gasteiger partial charge in [-0.2, -0.15) is 13.2 Å². The van der Waals surface area contributed by atoms with Gasteiger partial charge in [-0.05, 0) is 31.5 Å². The summed E-state index contributed by atoms with van der Waals surface area (Å²) < 4.78 is 37.8. The van der Waals surface area contributed by atoms with Crippen LogP contribution in [-0.4, -0.2) is 15.3 Å². The summed E-state index contributed by atoms with van der Waals surface area (Å²) in [5.74, 6) is -1.58. The Bertz CT molecular complexity index is 366. The number of phenols is 2. The van der Waals surface area contributed by atoms with Crippen molar-refractivity contribution in [2.24, 2.45) is 0 Å². The van der Waals surface area contributed by atoms with Crippen molar-refractivity contribution in [1.82, 2.24) is 0 Å². The van der Waals surface area contributed by atoms with Crippen molar-refractivity contribution < 1.29 is 28.5 Å². The zero-order valence-corrected chi connectivity index (χ0v) is 8.63. The van der Waals surface area contributed by atoms with Crippen LogP contribution in [-0.2, 0) is 11.8 Å². The van der Waals surface area contributed by atoms with Gasteiger partial charge in [0.25, 0.3) is 0 Å². The lowest BCUT2D eigenvalue weighted by molar-refractivity contribution is -0.140. The van der Waals surface area contributed by atoms with Crippen LogP contribution in [0.4, 0.5) is 13.2 Å². The normalized spacial score (nSPS) is 12.9. The number of benzene rings is 1. The first-order valence-electron chi connectivity index (χ1n) is 4.39. The van der Waals surface area contributed by atoms with Crippen molar-refractivity contribution in [3.63, 3.8) is 0 Å². The number of alkyl halides is 3. The summed E-state index contributed by atoms with van der Waals surface area (Å²) >= 11 is 0. The van der Waals surface area contributed by atoms with Gasteiger partial charge in [0, 0.05) is 0 Å². The van der Waals surface area contributed by atoms with Gasteiger partial charge in [-0.25, -0.2) is 0 Å². The van der Waals surface area contributed by atoms with Gasteiger partial charge in [0.05, 0.1) is 11.2 Å². The van der Waals surface area contributed by atoms with Crippen LogP contribution < -0.4 is 0 Å². The second-order valence-electron chi connectivity index (χ2n) is 3.94. The van der Waals surface area contributed by atoms with Crippen molar-refractivity contribution in [1.29, 1.82) is 0 Å². The number of hydrogen-bond donors (Lipinski definition) is 3. The molecule has 0 atom stereocenters. The topological polar surface area (TPSA) is 60.7 Å². The second kappa shape index (κ2) is 3.55. The van der Waals surface area contributed by atoms with Crippen molar-refractivity contribution >= 4 is 0 Å². The molecule has 0 aliphatic rings. The first kappa shape index (κ1) is 12.6. The molecular formula is C10H11F3O3. The van der Waals surface area contributed by atoms with Crippen molar-refractivity contribution in [3.05, 3.63) is 23.3 Å². The van der Waals surface area contributed by atoms with E-state index in [2.05, 4.69) is 0 Å². The Morgan fingerprint density at radius 3 is 1.62 bits per heavy atom. The highest BCUT2D eigenvalue weighted by Gasteiger charge is 2.38. The van der Waals surface area contributed by atoms with Crippen molar-refractivity contribution in [2.75, 3.05) is 0 Å². The molecule has 3 N–H and O–H groups in total. The number of aliphatic hydroxyl groups is 1. The van der Waals surface area contributed by atoms with Gasteiger partial charge in [0.1, 0.15) is 0 Å². The molecule has 0 heterocycles. The third kappa shape index (κ3) is 2.38. The molecule has 1 aromatic rings. The molecule has 0 amide bonds. The van der Waals surface area contributed by atoms with E-state index in [9.17, 15) is 18.3 Å². The van der Waals surface area contributed by atoms with Crippen molar-refractivity contribution in [2.45, 2.75) is 25.6 Å². The van der Waals surface area contributed by atoms with Crippen LogP contribution >= 0.6 is 0 Å². The lowest BCUT2D eigenvalue weighted by Crippen LogP contribution is -2.22. The first-order chi connectivity index (χ1) is 7.03. The molecule has 0 aliphatic heterocycles. The Labute approximate surface area is 89.8 Å². The van der Waals surface area contributed by atoms with Gasteiger partial charge in [0.2, 0.25) is 0 Å². The largest absolute Gasteiger partial charge is 0.504 e. The van der Waals surface area contributed by atoms with E-state index in [-0.39, 0.29) is 0 Å². The molecule has 0 radical (unpaired) electrons. The molecule has 0 unspecified atom stereocenters. The second-order valence-corrected chi connectivity index (χ2v) is 3.94. The molecule has 1 aromatic carbocycles. The maximum absolute atomic E-state index is 12.6. The molecule has 1 rings (SSSR count). The Kier molecular flexibility index (Phi) is 2.81. The minimum absolute atomic E-state index is 0.392. The van der Waals surface area contributed by atoms with E-state index in [1.807, 2.05) is 0 Å². The summed E-state index contributed by atoms with van der Waals surface area (Å²) in [6, 6.07) is 1.10. The summed E-state index contributed by atoms with van der Waals surface area (Å²) in [4.78, 5) is 0. The number of rotatable bonds is 1. The Morgan fingerprint density at radius 1 is 0.938 bits per heavy atom. The maximum Gasteiger partial charge on any atom is 0.416 e. The van der Waals surface area contributed by atoms with Gasteiger partial charge < -0.3 is 15.3 Å². The molecule has 0 saturated carbocycles. The highest BCUT2D eigenvalue weighted by Crippen LogP contribution is 2.41. The number of halogens is 3. The molecule has 3 nitrogen and oxygen atoms in total. The van der Waals surface area contributed by atoms with Crippen LogP contribution in [0.25, 0.3) is 0 Å². The average molecular weight is 236 g/mol. The molecule has 0 fully saturated rings. The quantitative estimate of drug-likeness (QED) is 0.656. The highest BCUT2D eigenvalue weighted by atomic mass is 19.4. The van der Waals surface area contributed by atoms with E-state index < -0.39 is 34.4 Å². The van der Waals surface area contributed by atoms with E-state index in [0.717, 1.165) is 13.8 Å². The third-order valence-electron chi connectivity index (χ3n) is 2.08. The smallest absolute Gasteiger partial charge is 0.416 e. The lowest BCUT2D eigenvalue weighted by atomic mass is 9.92. The minimum atomic E-state index is -4.71. The summed E-state index contributed by atoms with van der Waals surface area (Å²) in [6.07, 6.45) is -4.71. The van der Waals surface area contributed by atoms with E-state index in [0.29, 0.717) is 12.1 Å². The standard InChI is InChI=1S/C10H11F3O3/c1-9(2,16)5-3-7(14)8(15)4-6(5)10(11,12)13/h3-4,14-16H,1-2H3. The van der Waals surface area contributed by atoms with Gasteiger partial charge in [0.15, 0.2) is 11.5 Å². The van der Waals surface area contributed by atoms with E-state index >= 15 is 0 Å². The predicted octanol–water partition coefficient (Wildman–Crippen LogP) is 2.34. The zero-order chi connectivity index (χ0) is 12.7. The Balaban J connectivity index is 3.53. The molecule has 0 spiro atoms. The SMILES string of the molecule is CC(C)(O)c1cc(O)c(O)cc1C(F)(F)F. The zero-order valence-electron chi connectivity index (χ0n) is 8.63. The lowest BCUT2D eigenvalue weighted by Gasteiger charge is -2.23. The number of hydrogen-bond acceptors (Lipinski definition) is 3. The summed E-state index contributed by atoms with van der Waals surface area (Å²) in [6.45, 7) is 2.32. The Hall–Kier alpha value is -1.43. The van der Waals surface area contributed by atoms with Gasteiger partial charge in [-0.3, -0.25) is 0 Å². The van der Waals surface area contributed by atoms with E-state index in [1.165, 1.54) is 0 Å². The summed E-state index contributed by atoms with van der Waals surface area (Å²) in [5, 5.41) is 27.7. The van der Waals surface area contributed by atoms with Crippen LogP contribution in [0.1, 0.15) is 25.0 Å². The summed E-state index contributed by atoms with van der Waals surface area (Å²) in [5.41, 5.74) is -3.43. The molecule has 16 heavy (non-hydrogen) atoms. The fraction of sp³-hybridized carbons (Fsp3) is 0.400. The fourth-order valence-corrected chi connectivity index (χ4v) is 1.32. The molecular weight excluding hydrogens is 225 g/mol. The Morgan fingerprint density at radius 2 is 1.31 bits per heavy atom. The highest BCUT2D eigenvalue weighted by molar-refractivity contribution is 5.48. The predicted molar refractivity (Wildman–Crippen MR) is 50.0 cm³/mol. The third-order valence-corrected chi connectivity index (χ3v) is 2.08. The van der Waals surface area contributed by atoms with Crippen LogP contribution in [0.15, 0.2) is 12.1 Å². The minimum Gasteiger partial charge on any atom is -0.504 e. The van der Waals surface area contributed by atoms with E-state index in [4.69, 9.17) is 10.2 Å². The van der Waals surface area contributed by atoms with Crippen LogP contribution in [0, 0.1) is 0 Å². The van der Waals surface area contributed by atoms with Crippen molar-refractivity contribution in [3.8, 4) is 11.5 Å². The van der Waals surface area contributed by atoms with Crippen LogP contribution in [0.5, 0.6) is 11.5 Å². The monoisotopic (exact) mass is 236 g/mol. The summed E-state index contributed by atoms with van der Waals surface area (Å²) in [7, 11) is 0. The molecule has 0 saturated heterocycles. The molecule has 0 aromatic heterocycles. The molecule has 0 aliphatic carbocycles. The molecule has 0 bridgehead atoms. The first-order valence-corrected chi connectivity index (χ1v) is 4.39.